The molecule has 3 heterocycles. The summed E-state index contributed by atoms with van der Waals surface area (Å²) in [6, 6.07) is 9.53. The van der Waals surface area contributed by atoms with E-state index in [9.17, 15) is 9.59 Å². The van der Waals surface area contributed by atoms with Crippen LogP contribution < -0.4 is 15.5 Å². The summed E-state index contributed by atoms with van der Waals surface area (Å²) in [7, 11) is 0. The highest BCUT2D eigenvalue weighted by Gasteiger charge is 2.28. The number of hydrogen-bond acceptors (Lipinski definition) is 4. The third-order valence-corrected chi connectivity index (χ3v) is 5.21. The molecular formula is C20H23N3O3. The number of nitrogens with one attached hydrogen (secondary N) is 2. The first-order valence-electron chi connectivity index (χ1n) is 9.16. The van der Waals surface area contributed by atoms with Crippen LogP contribution in [0, 0.1) is 5.92 Å². The van der Waals surface area contributed by atoms with Crippen molar-refractivity contribution in [1.82, 2.24) is 10.6 Å². The van der Waals surface area contributed by atoms with Crippen molar-refractivity contribution in [3.05, 3.63) is 53.5 Å². The second kappa shape index (κ2) is 7.33. The molecule has 0 spiro atoms. The zero-order valence-corrected chi connectivity index (χ0v) is 14.7. The van der Waals surface area contributed by atoms with Gasteiger partial charge in [-0.15, -0.1) is 0 Å². The Bertz CT molecular complexity index is 808. The lowest BCUT2D eigenvalue weighted by atomic mass is 10.1. The zero-order valence-electron chi connectivity index (χ0n) is 14.7. The van der Waals surface area contributed by atoms with Gasteiger partial charge in [0.2, 0.25) is 5.91 Å². The van der Waals surface area contributed by atoms with E-state index in [-0.39, 0.29) is 11.8 Å². The average molecular weight is 353 g/mol. The van der Waals surface area contributed by atoms with Crippen LogP contribution in [0.4, 0.5) is 5.69 Å². The van der Waals surface area contributed by atoms with Gasteiger partial charge in [0.25, 0.3) is 5.91 Å². The van der Waals surface area contributed by atoms with Crippen LogP contribution in [0.1, 0.15) is 34.5 Å². The Kier molecular flexibility index (Phi) is 4.75. The van der Waals surface area contributed by atoms with Gasteiger partial charge in [0.05, 0.1) is 19.2 Å². The molecular weight excluding hydrogens is 330 g/mol. The molecule has 2 aliphatic rings. The van der Waals surface area contributed by atoms with Crippen LogP contribution in [0.25, 0.3) is 0 Å². The normalized spacial score (nSPS) is 19.0. The predicted octanol–water partition coefficient (Wildman–Crippen LogP) is 2.10. The van der Waals surface area contributed by atoms with Gasteiger partial charge < -0.3 is 20.0 Å². The lowest BCUT2D eigenvalue weighted by Crippen LogP contribution is -2.29. The summed E-state index contributed by atoms with van der Waals surface area (Å²) < 4.78 is 5.42. The van der Waals surface area contributed by atoms with E-state index in [1.807, 2.05) is 24.3 Å². The molecule has 1 unspecified atom stereocenters. The minimum atomic E-state index is -0.212. The minimum absolute atomic E-state index is 0.0486. The van der Waals surface area contributed by atoms with Crippen LogP contribution in [0.5, 0.6) is 0 Å². The fourth-order valence-electron chi connectivity index (χ4n) is 3.75. The van der Waals surface area contributed by atoms with E-state index in [1.54, 1.807) is 11.0 Å². The molecule has 0 bridgehead atoms. The number of furan rings is 1. The van der Waals surface area contributed by atoms with Crippen LogP contribution in [0.15, 0.2) is 41.0 Å². The molecule has 0 radical (unpaired) electrons. The Morgan fingerprint density at radius 3 is 3.04 bits per heavy atom. The van der Waals surface area contributed by atoms with E-state index < -0.39 is 0 Å². The van der Waals surface area contributed by atoms with Crippen molar-refractivity contribution >= 4 is 17.5 Å². The van der Waals surface area contributed by atoms with Gasteiger partial charge in [-0.05, 0) is 49.5 Å². The molecule has 26 heavy (non-hydrogen) atoms. The van der Waals surface area contributed by atoms with Crippen molar-refractivity contribution in [2.45, 2.75) is 25.8 Å². The molecule has 0 saturated carbocycles. The van der Waals surface area contributed by atoms with Crippen molar-refractivity contribution in [1.29, 1.82) is 0 Å². The van der Waals surface area contributed by atoms with E-state index >= 15 is 0 Å². The predicted molar refractivity (Wildman–Crippen MR) is 98.0 cm³/mol. The van der Waals surface area contributed by atoms with E-state index in [4.69, 9.17) is 4.42 Å². The van der Waals surface area contributed by atoms with Gasteiger partial charge in [0, 0.05) is 17.8 Å². The number of benzene rings is 1. The topological polar surface area (TPSA) is 74.6 Å². The quantitative estimate of drug-likeness (QED) is 0.834. The molecule has 2 N–H and O–H groups in total. The number of anilines is 1. The Morgan fingerprint density at radius 1 is 1.31 bits per heavy atom. The van der Waals surface area contributed by atoms with Gasteiger partial charge in [0.15, 0.2) is 5.76 Å². The molecule has 0 aliphatic carbocycles. The van der Waals surface area contributed by atoms with Crippen LogP contribution >= 0.6 is 0 Å². The molecule has 4 rings (SSSR count). The largest absolute Gasteiger partial charge is 0.459 e. The highest BCUT2D eigenvalue weighted by atomic mass is 16.3. The Balaban J connectivity index is 1.40. The molecule has 2 aromatic rings. The molecule has 6 heteroatoms. The van der Waals surface area contributed by atoms with E-state index in [0.29, 0.717) is 31.2 Å². The van der Waals surface area contributed by atoms with Crippen LogP contribution in [0.2, 0.25) is 0 Å². The summed E-state index contributed by atoms with van der Waals surface area (Å²) in [5.74, 6) is 0.764. The molecule has 2 amide bonds. The number of rotatable bonds is 6. The average Bonchev–Trinajstić information content (AvgIpc) is 3.37. The van der Waals surface area contributed by atoms with E-state index in [2.05, 4.69) is 10.6 Å². The van der Waals surface area contributed by atoms with Crippen molar-refractivity contribution < 1.29 is 14.0 Å². The SMILES string of the molecule is O=C(NCCC1CCNC1)c1occc1CN1C(=O)Cc2ccccc21. The first-order valence-corrected chi connectivity index (χ1v) is 9.16. The molecule has 1 aromatic heterocycles. The first kappa shape index (κ1) is 16.8. The van der Waals surface area contributed by atoms with Crippen LogP contribution in [0.3, 0.4) is 0 Å². The lowest BCUT2D eigenvalue weighted by molar-refractivity contribution is -0.117. The Morgan fingerprint density at radius 2 is 2.19 bits per heavy atom. The first-order chi connectivity index (χ1) is 12.7. The highest BCUT2D eigenvalue weighted by Crippen LogP contribution is 2.30. The van der Waals surface area contributed by atoms with E-state index in [1.165, 1.54) is 12.7 Å². The fourth-order valence-corrected chi connectivity index (χ4v) is 3.75. The second-order valence-electron chi connectivity index (χ2n) is 6.96. The number of hydrogen-bond donors (Lipinski definition) is 2. The summed E-state index contributed by atoms with van der Waals surface area (Å²) in [6.45, 7) is 3.07. The molecule has 1 atom stereocenters. The monoisotopic (exact) mass is 353 g/mol. The van der Waals surface area contributed by atoms with E-state index in [0.717, 1.165) is 36.3 Å². The Labute approximate surface area is 152 Å². The van der Waals surface area contributed by atoms with Crippen molar-refractivity contribution in [3.63, 3.8) is 0 Å². The zero-order chi connectivity index (χ0) is 17.9. The molecule has 136 valence electrons. The molecule has 6 nitrogen and oxygen atoms in total. The number of nitrogens with zero attached hydrogens (tertiary/aromatic N) is 1. The van der Waals surface area contributed by atoms with Gasteiger partial charge >= 0.3 is 0 Å². The number of para-hydroxylation sites is 1. The molecule has 1 fully saturated rings. The summed E-state index contributed by atoms with van der Waals surface area (Å²) >= 11 is 0. The number of amides is 2. The summed E-state index contributed by atoms with van der Waals surface area (Å²) in [5.41, 5.74) is 2.67. The van der Waals surface area contributed by atoms with Gasteiger partial charge in [0.1, 0.15) is 0 Å². The summed E-state index contributed by atoms with van der Waals surface area (Å²) in [4.78, 5) is 26.5. The molecule has 1 aromatic carbocycles. The van der Waals surface area contributed by atoms with Gasteiger partial charge in [-0.2, -0.15) is 0 Å². The number of fused-ring (bicyclic) bond motifs is 1. The fraction of sp³-hybridized carbons (Fsp3) is 0.400. The van der Waals surface area contributed by atoms with Gasteiger partial charge in [-0.25, -0.2) is 0 Å². The van der Waals surface area contributed by atoms with Gasteiger partial charge in [-0.3, -0.25) is 9.59 Å². The maximum Gasteiger partial charge on any atom is 0.287 e. The highest BCUT2D eigenvalue weighted by molar-refractivity contribution is 6.01. The van der Waals surface area contributed by atoms with Crippen molar-refractivity contribution in [2.24, 2.45) is 5.92 Å². The van der Waals surface area contributed by atoms with Crippen LogP contribution in [-0.4, -0.2) is 31.4 Å². The third kappa shape index (κ3) is 3.37. The van der Waals surface area contributed by atoms with Crippen LogP contribution in [-0.2, 0) is 17.8 Å². The number of carbonyl (C=O) groups is 2. The maximum atomic E-state index is 12.5. The number of carbonyl (C=O) groups excluding carboxylic acids is 2. The minimum Gasteiger partial charge on any atom is -0.459 e. The summed E-state index contributed by atoms with van der Waals surface area (Å²) in [5, 5.41) is 6.27. The summed E-state index contributed by atoms with van der Waals surface area (Å²) in [6.07, 6.45) is 4.05. The Hall–Kier alpha value is -2.60. The van der Waals surface area contributed by atoms with Crippen molar-refractivity contribution in [2.75, 3.05) is 24.5 Å². The second-order valence-corrected chi connectivity index (χ2v) is 6.96. The maximum absolute atomic E-state index is 12.5. The standard InChI is InChI=1S/C20H23N3O3/c24-18-11-15-3-1-2-4-17(15)23(18)13-16-7-10-26-19(16)20(25)22-9-6-14-5-8-21-12-14/h1-4,7,10,14,21H,5-6,8-9,11-13H2,(H,22,25). The molecule has 1 saturated heterocycles. The molecule has 2 aliphatic heterocycles. The van der Waals surface area contributed by atoms with Gasteiger partial charge in [-0.1, -0.05) is 18.2 Å². The van der Waals surface area contributed by atoms with Crippen molar-refractivity contribution in [3.8, 4) is 0 Å². The third-order valence-electron chi connectivity index (χ3n) is 5.21. The lowest BCUT2D eigenvalue weighted by Gasteiger charge is -2.17. The smallest absolute Gasteiger partial charge is 0.287 e.